The van der Waals surface area contributed by atoms with Gasteiger partial charge in [0.1, 0.15) is 18.0 Å². The fraction of sp³-hybridized carbons (Fsp3) is 0.231. The zero-order valence-electron chi connectivity index (χ0n) is 18.8. The van der Waals surface area contributed by atoms with Gasteiger partial charge in [0.25, 0.3) is 6.02 Å². The smallest absolute Gasteiger partial charge is 0.283 e. The van der Waals surface area contributed by atoms with Gasteiger partial charge in [-0.05, 0) is 55.8 Å². The number of fused-ring (bicyclic) bond motifs is 4. The minimum absolute atomic E-state index is 0.00920. The summed E-state index contributed by atoms with van der Waals surface area (Å²) in [6.07, 6.45) is 1.44. The van der Waals surface area contributed by atoms with Crippen LogP contribution in [0.2, 0.25) is 0 Å². The second kappa shape index (κ2) is 7.82. The van der Waals surface area contributed by atoms with Gasteiger partial charge in [0.15, 0.2) is 17.1 Å². The summed E-state index contributed by atoms with van der Waals surface area (Å²) < 4.78 is 45.5. The van der Waals surface area contributed by atoms with Crippen LogP contribution in [0.15, 0.2) is 53.7 Å². The van der Waals surface area contributed by atoms with Crippen LogP contribution in [-0.2, 0) is 15.0 Å². The predicted molar refractivity (Wildman–Crippen MR) is 122 cm³/mol. The van der Waals surface area contributed by atoms with E-state index in [1.165, 1.54) is 18.3 Å². The van der Waals surface area contributed by atoms with Gasteiger partial charge in [-0.1, -0.05) is 17.9 Å². The maximum Gasteiger partial charge on any atom is 0.283 e. The topological polar surface area (TPSA) is 79.0 Å². The van der Waals surface area contributed by atoms with Crippen LogP contribution in [0.1, 0.15) is 30.5 Å². The highest BCUT2D eigenvalue weighted by atomic mass is 19.1. The van der Waals surface area contributed by atoms with Gasteiger partial charge in [-0.15, -0.1) is 0 Å². The van der Waals surface area contributed by atoms with Crippen LogP contribution >= 0.6 is 0 Å². The number of hydrogen-bond donors (Lipinski definition) is 1. The summed E-state index contributed by atoms with van der Waals surface area (Å²) in [7, 11) is 1.56. The molecule has 0 fully saturated rings. The molecule has 1 aromatic heterocycles. The molecule has 2 N–H and O–H groups in total. The van der Waals surface area contributed by atoms with E-state index in [0.29, 0.717) is 28.0 Å². The average Bonchev–Trinajstić information content (AvgIpc) is 3.21. The van der Waals surface area contributed by atoms with Crippen LogP contribution in [0, 0.1) is 23.6 Å². The van der Waals surface area contributed by atoms with E-state index < -0.39 is 22.9 Å². The number of benzene rings is 2. The summed E-state index contributed by atoms with van der Waals surface area (Å²) in [6.45, 7) is 3.70. The number of aliphatic imine (C=N–C) groups is 1. The highest BCUT2D eigenvalue weighted by molar-refractivity contribution is 5.78. The van der Waals surface area contributed by atoms with Crippen molar-refractivity contribution in [3.63, 3.8) is 0 Å². The Hall–Kier alpha value is -3.96. The lowest BCUT2D eigenvalue weighted by Gasteiger charge is -2.34. The van der Waals surface area contributed by atoms with Gasteiger partial charge < -0.3 is 19.9 Å². The van der Waals surface area contributed by atoms with Gasteiger partial charge in [0.05, 0.1) is 0 Å². The summed E-state index contributed by atoms with van der Waals surface area (Å²) in [5, 5.41) is 0. The molecule has 0 saturated carbocycles. The lowest BCUT2D eigenvalue weighted by molar-refractivity contribution is 0.0741. The number of nitrogens with zero attached hydrogens (tertiary/aromatic N) is 2. The lowest BCUT2D eigenvalue weighted by atomic mass is 9.79. The molecule has 3 heterocycles. The molecule has 0 radical (unpaired) electrons. The molecule has 2 aliphatic heterocycles. The molecule has 6 nitrogen and oxygen atoms in total. The van der Waals surface area contributed by atoms with Crippen molar-refractivity contribution in [3.8, 4) is 34.5 Å². The molecule has 2 aromatic carbocycles. The molecule has 0 bridgehead atoms. The van der Waals surface area contributed by atoms with E-state index in [-0.39, 0.29) is 18.4 Å². The van der Waals surface area contributed by atoms with E-state index in [1.807, 2.05) is 19.9 Å². The summed E-state index contributed by atoms with van der Waals surface area (Å²) in [5.41, 5.74) is 7.09. The van der Waals surface area contributed by atoms with Crippen molar-refractivity contribution in [1.29, 1.82) is 0 Å². The van der Waals surface area contributed by atoms with Crippen molar-refractivity contribution in [2.45, 2.75) is 25.0 Å². The van der Waals surface area contributed by atoms with Gasteiger partial charge >= 0.3 is 0 Å². The second-order valence-corrected chi connectivity index (χ2v) is 8.58. The number of amidine groups is 1. The normalized spacial score (nSPS) is 18.2. The second-order valence-electron chi connectivity index (χ2n) is 8.58. The van der Waals surface area contributed by atoms with Crippen LogP contribution in [0.25, 0.3) is 11.1 Å². The largest absolute Gasteiger partial charge is 0.462 e. The first-order chi connectivity index (χ1) is 16.2. The molecule has 3 aromatic rings. The summed E-state index contributed by atoms with van der Waals surface area (Å²) in [5.74, 6) is 5.29. The zero-order valence-corrected chi connectivity index (χ0v) is 18.8. The average molecular weight is 461 g/mol. The quantitative estimate of drug-likeness (QED) is 0.449. The zero-order chi connectivity index (χ0) is 24.1. The fourth-order valence-corrected chi connectivity index (χ4v) is 3.98. The molecule has 172 valence electrons. The fourth-order valence-electron chi connectivity index (χ4n) is 3.98. The number of methoxy groups -OCH3 is 1. The highest BCUT2D eigenvalue weighted by Gasteiger charge is 2.48. The Kier molecular flexibility index (Phi) is 5.03. The highest BCUT2D eigenvalue weighted by Crippen LogP contribution is 2.52. The number of pyridine rings is 1. The minimum Gasteiger partial charge on any atom is -0.462 e. The number of ether oxygens (including phenoxy) is 3. The molecular formula is C26H21F2N3O3. The van der Waals surface area contributed by atoms with Crippen LogP contribution in [0.4, 0.5) is 8.78 Å². The van der Waals surface area contributed by atoms with E-state index in [4.69, 9.17) is 19.9 Å². The first kappa shape index (κ1) is 21.9. The minimum atomic E-state index is -1.13. The lowest BCUT2D eigenvalue weighted by Crippen LogP contribution is -2.31. The summed E-state index contributed by atoms with van der Waals surface area (Å²) in [6, 6.07) is 11.3. The Labute approximate surface area is 195 Å². The standard InChI is InChI=1S/C26H21F2N3O3/c1-25(2,32-3)9-8-15-10-19-23(20(27)11-15)34-21-6-4-16(17-5-7-22(28)30-13-17)12-18(21)26(19)14-33-24(29)31-26/h4-7,10-13H,14H2,1-3H3,(H2,29,31)/t26-/m0/s1. The van der Waals surface area contributed by atoms with Crippen molar-refractivity contribution in [1.82, 2.24) is 4.98 Å². The van der Waals surface area contributed by atoms with E-state index in [2.05, 4.69) is 21.8 Å². The predicted octanol–water partition coefficient (Wildman–Crippen LogP) is 4.50. The van der Waals surface area contributed by atoms with Gasteiger partial charge in [-0.2, -0.15) is 4.39 Å². The molecule has 5 rings (SSSR count). The molecule has 0 saturated heterocycles. The number of rotatable bonds is 2. The Morgan fingerprint density at radius 1 is 1.09 bits per heavy atom. The van der Waals surface area contributed by atoms with E-state index in [1.54, 1.807) is 31.4 Å². The third-order valence-electron chi connectivity index (χ3n) is 5.94. The Morgan fingerprint density at radius 3 is 2.56 bits per heavy atom. The molecule has 0 unspecified atom stereocenters. The van der Waals surface area contributed by atoms with Crippen LogP contribution < -0.4 is 10.5 Å². The van der Waals surface area contributed by atoms with Crippen molar-refractivity contribution in [3.05, 3.63) is 77.1 Å². The maximum absolute atomic E-state index is 15.3. The third-order valence-corrected chi connectivity index (χ3v) is 5.94. The van der Waals surface area contributed by atoms with Gasteiger partial charge in [0, 0.05) is 35.6 Å². The van der Waals surface area contributed by atoms with Gasteiger partial charge in [-0.25, -0.2) is 14.4 Å². The van der Waals surface area contributed by atoms with Crippen molar-refractivity contribution >= 4 is 6.02 Å². The summed E-state index contributed by atoms with van der Waals surface area (Å²) >= 11 is 0. The van der Waals surface area contributed by atoms with Crippen LogP contribution in [0.3, 0.4) is 0 Å². The Morgan fingerprint density at radius 2 is 1.88 bits per heavy atom. The van der Waals surface area contributed by atoms with Gasteiger partial charge in [0.2, 0.25) is 5.95 Å². The van der Waals surface area contributed by atoms with Crippen LogP contribution in [0.5, 0.6) is 11.5 Å². The van der Waals surface area contributed by atoms with E-state index in [9.17, 15) is 4.39 Å². The van der Waals surface area contributed by atoms with Crippen LogP contribution in [-0.4, -0.2) is 30.3 Å². The molecular weight excluding hydrogens is 440 g/mol. The van der Waals surface area contributed by atoms with E-state index in [0.717, 1.165) is 5.56 Å². The molecule has 34 heavy (non-hydrogen) atoms. The third kappa shape index (κ3) is 3.64. The molecule has 0 amide bonds. The number of aromatic nitrogens is 1. The summed E-state index contributed by atoms with van der Waals surface area (Å²) in [4.78, 5) is 8.33. The Bertz CT molecular complexity index is 1390. The molecule has 1 atom stereocenters. The van der Waals surface area contributed by atoms with Gasteiger partial charge in [-0.3, -0.25) is 0 Å². The molecule has 1 spiro atoms. The first-order valence-electron chi connectivity index (χ1n) is 10.6. The molecule has 2 aliphatic rings. The number of hydrogen-bond acceptors (Lipinski definition) is 6. The molecule has 0 aliphatic carbocycles. The van der Waals surface area contributed by atoms with Crippen molar-refractivity contribution in [2.24, 2.45) is 10.7 Å². The van der Waals surface area contributed by atoms with E-state index >= 15 is 4.39 Å². The number of nitrogens with two attached hydrogens (primary N) is 1. The van der Waals surface area contributed by atoms with Crippen molar-refractivity contribution < 1.29 is 23.0 Å². The van der Waals surface area contributed by atoms with Crippen molar-refractivity contribution in [2.75, 3.05) is 13.7 Å². The number of halogens is 2. The monoisotopic (exact) mass is 461 g/mol. The first-order valence-corrected chi connectivity index (χ1v) is 10.6. The maximum atomic E-state index is 15.3. The SMILES string of the molecule is COC(C)(C)C#Cc1cc(F)c2c(c1)[C@]1(COC(N)=N1)c1cc(-c3ccc(F)nc3)ccc1O2. The Balaban J connectivity index is 1.69. The molecule has 8 heteroatoms.